The highest BCUT2D eigenvalue weighted by atomic mass is 16.6. The summed E-state index contributed by atoms with van der Waals surface area (Å²) >= 11 is 0. The highest BCUT2D eigenvalue weighted by molar-refractivity contribution is 5.12. The fourth-order valence-electron chi connectivity index (χ4n) is 0.277. The summed E-state index contributed by atoms with van der Waals surface area (Å²) in [5.74, 6) is 4.86. The molecule has 46 valence electrons. The molecule has 0 heterocycles. The van der Waals surface area contributed by atoms with Crippen LogP contribution in [0, 0.1) is 0 Å². The van der Waals surface area contributed by atoms with Crippen LogP contribution in [0.3, 0.4) is 0 Å². The van der Waals surface area contributed by atoms with Gasteiger partial charge in [0.25, 0.3) is 0 Å². The van der Waals surface area contributed by atoms with Crippen molar-refractivity contribution in [2.24, 2.45) is 11.6 Å². The molecular formula is C5H10N2O. The summed E-state index contributed by atoms with van der Waals surface area (Å²) in [5, 5.41) is 0. The average Bonchev–Trinajstić information content (AvgIpc) is 1.65. The van der Waals surface area contributed by atoms with E-state index >= 15 is 0 Å². The van der Waals surface area contributed by atoms with Crippen LogP contribution in [0.1, 0.15) is 6.92 Å². The first-order valence-corrected chi connectivity index (χ1v) is 2.16. The lowest BCUT2D eigenvalue weighted by atomic mass is 10.3. The van der Waals surface area contributed by atoms with Gasteiger partial charge in [-0.25, -0.2) is 0 Å². The van der Waals surface area contributed by atoms with Gasteiger partial charge in [0, 0.05) is 6.08 Å². The first kappa shape index (κ1) is 7.04. The molecule has 3 nitrogen and oxygen atoms in total. The zero-order valence-corrected chi connectivity index (χ0v) is 4.85. The summed E-state index contributed by atoms with van der Waals surface area (Å²) in [6, 6.07) is 0. The Morgan fingerprint density at radius 2 is 2.25 bits per heavy atom. The van der Waals surface area contributed by atoms with Crippen molar-refractivity contribution in [3.05, 3.63) is 24.1 Å². The van der Waals surface area contributed by atoms with Crippen LogP contribution in [0.25, 0.3) is 0 Å². The van der Waals surface area contributed by atoms with Gasteiger partial charge in [0.15, 0.2) is 0 Å². The molecule has 4 N–H and O–H groups in total. The molecule has 0 radical (unpaired) electrons. The Morgan fingerprint density at radius 1 is 1.75 bits per heavy atom. The molecule has 0 aromatic heterocycles. The van der Waals surface area contributed by atoms with Crippen molar-refractivity contribution in [3.63, 3.8) is 0 Å². The van der Waals surface area contributed by atoms with Crippen LogP contribution in [0.4, 0.5) is 0 Å². The summed E-state index contributed by atoms with van der Waals surface area (Å²) in [4.78, 5) is 4.14. The van der Waals surface area contributed by atoms with Gasteiger partial charge in [-0.05, 0) is 6.92 Å². The molecule has 0 amide bonds. The summed E-state index contributed by atoms with van der Waals surface area (Å²) < 4.78 is 0. The molecule has 0 aliphatic rings. The third kappa shape index (κ3) is 3.24. The molecule has 0 atom stereocenters. The highest BCUT2D eigenvalue weighted by Gasteiger charge is 1.82. The van der Waals surface area contributed by atoms with Gasteiger partial charge >= 0.3 is 0 Å². The van der Waals surface area contributed by atoms with Crippen molar-refractivity contribution >= 4 is 0 Å². The fourth-order valence-corrected chi connectivity index (χ4v) is 0.277. The Labute approximate surface area is 48.6 Å². The van der Waals surface area contributed by atoms with Gasteiger partial charge in [-0.15, -0.1) is 0 Å². The van der Waals surface area contributed by atoms with E-state index in [9.17, 15) is 0 Å². The van der Waals surface area contributed by atoms with Crippen molar-refractivity contribution in [2.45, 2.75) is 6.92 Å². The third-order valence-electron chi connectivity index (χ3n) is 0.525. The SMILES string of the molecule is C=C(C)/C=C(/N)ON. The average molecular weight is 114 g/mol. The number of allylic oxidation sites excluding steroid dienone is 2. The molecule has 8 heavy (non-hydrogen) atoms. The normalized spacial score (nSPS) is 11.0. The predicted octanol–water partition coefficient (Wildman–Crippen LogP) is 0.253. The smallest absolute Gasteiger partial charge is 0.209 e. The molecule has 0 aromatic carbocycles. The van der Waals surface area contributed by atoms with Gasteiger partial charge in [-0.2, -0.15) is 5.90 Å². The first-order valence-electron chi connectivity index (χ1n) is 2.16. The van der Waals surface area contributed by atoms with E-state index in [0.717, 1.165) is 5.57 Å². The lowest BCUT2D eigenvalue weighted by molar-refractivity contribution is 0.217. The lowest BCUT2D eigenvalue weighted by Crippen LogP contribution is -2.07. The van der Waals surface area contributed by atoms with Crippen LogP contribution in [0.15, 0.2) is 24.1 Å². The molecule has 0 aromatic rings. The summed E-state index contributed by atoms with van der Waals surface area (Å²) in [7, 11) is 0. The number of hydrogen-bond acceptors (Lipinski definition) is 3. The van der Waals surface area contributed by atoms with E-state index in [1.807, 2.05) is 0 Å². The second-order valence-electron chi connectivity index (χ2n) is 1.51. The first-order chi connectivity index (χ1) is 3.66. The van der Waals surface area contributed by atoms with Gasteiger partial charge in [0.05, 0.1) is 0 Å². The molecule has 0 aliphatic carbocycles. The second-order valence-corrected chi connectivity index (χ2v) is 1.51. The van der Waals surface area contributed by atoms with E-state index < -0.39 is 0 Å². The van der Waals surface area contributed by atoms with Crippen molar-refractivity contribution in [2.75, 3.05) is 0 Å². The molecule has 0 rings (SSSR count). The van der Waals surface area contributed by atoms with E-state index in [-0.39, 0.29) is 5.88 Å². The largest absolute Gasteiger partial charge is 0.394 e. The second kappa shape index (κ2) is 3.10. The molecule has 0 aliphatic heterocycles. The molecule has 3 heteroatoms. The Hall–Kier alpha value is -0.960. The quantitative estimate of drug-likeness (QED) is 0.307. The Kier molecular flexibility index (Phi) is 2.72. The van der Waals surface area contributed by atoms with E-state index in [1.54, 1.807) is 13.0 Å². The van der Waals surface area contributed by atoms with Gasteiger partial charge < -0.3 is 10.6 Å². The highest BCUT2D eigenvalue weighted by Crippen LogP contribution is 1.91. The molecule has 0 bridgehead atoms. The summed E-state index contributed by atoms with van der Waals surface area (Å²) in [6.45, 7) is 5.35. The molecule has 0 fully saturated rings. The maximum absolute atomic E-state index is 5.13. The monoisotopic (exact) mass is 114 g/mol. The van der Waals surface area contributed by atoms with Gasteiger partial charge in [-0.3, -0.25) is 0 Å². The van der Waals surface area contributed by atoms with Crippen molar-refractivity contribution in [1.82, 2.24) is 0 Å². The van der Waals surface area contributed by atoms with Crippen LogP contribution in [0.5, 0.6) is 0 Å². The molecule has 0 spiro atoms. The summed E-state index contributed by atoms with van der Waals surface area (Å²) in [5.41, 5.74) is 5.94. The minimum absolute atomic E-state index is 0.178. The van der Waals surface area contributed by atoms with Crippen LogP contribution in [0.2, 0.25) is 0 Å². The molecule has 0 unspecified atom stereocenters. The van der Waals surface area contributed by atoms with Crippen LogP contribution >= 0.6 is 0 Å². The number of hydrogen-bond donors (Lipinski definition) is 2. The third-order valence-corrected chi connectivity index (χ3v) is 0.525. The minimum atomic E-state index is 0.178. The van der Waals surface area contributed by atoms with Crippen molar-refractivity contribution in [3.8, 4) is 0 Å². The standard InChI is InChI=1S/C5H10N2O/c1-4(2)3-5(6)8-7/h3H,1,6-7H2,2H3/b5-3-. The van der Waals surface area contributed by atoms with E-state index in [1.165, 1.54) is 0 Å². The molecule has 0 saturated heterocycles. The van der Waals surface area contributed by atoms with Gasteiger partial charge in [0.1, 0.15) is 0 Å². The Balaban J connectivity index is 3.75. The van der Waals surface area contributed by atoms with Crippen molar-refractivity contribution < 1.29 is 4.84 Å². The fraction of sp³-hybridized carbons (Fsp3) is 0.200. The molecular weight excluding hydrogens is 104 g/mol. The zero-order chi connectivity index (χ0) is 6.57. The maximum atomic E-state index is 5.13. The molecule has 0 saturated carbocycles. The van der Waals surface area contributed by atoms with E-state index in [0.29, 0.717) is 0 Å². The number of nitrogens with two attached hydrogens (primary N) is 2. The lowest BCUT2D eigenvalue weighted by Gasteiger charge is -1.94. The minimum Gasteiger partial charge on any atom is -0.394 e. The topological polar surface area (TPSA) is 61.3 Å². The van der Waals surface area contributed by atoms with Crippen molar-refractivity contribution in [1.29, 1.82) is 0 Å². The van der Waals surface area contributed by atoms with Crippen LogP contribution in [-0.2, 0) is 4.84 Å². The van der Waals surface area contributed by atoms with E-state index in [4.69, 9.17) is 5.73 Å². The van der Waals surface area contributed by atoms with E-state index in [2.05, 4.69) is 17.3 Å². The van der Waals surface area contributed by atoms with Crippen LogP contribution in [-0.4, -0.2) is 0 Å². The summed E-state index contributed by atoms with van der Waals surface area (Å²) in [6.07, 6.45) is 1.54. The number of rotatable bonds is 2. The Morgan fingerprint density at radius 3 is 2.38 bits per heavy atom. The maximum Gasteiger partial charge on any atom is 0.209 e. The zero-order valence-electron chi connectivity index (χ0n) is 4.85. The van der Waals surface area contributed by atoms with Gasteiger partial charge in [0.2, 0.25) is 5.88 Å². The predicted molar refractivity (Wildman–Crippen MR) is 32.4 cm³/mol. The Bertz CT molecular complexity index is 118. The van der Waals surface area contributed by atoms with Gasteiger partial charge in [-0.1, -0.05) is 12.2 Å². The van der Waals surface area contributed by atoms with Crippen LogP contribution < -0.4 is 11.6 Å².